The Morgan fingerprint density at radius 2 is 1.45 bits per heavy atom. The summed E-state index contributed by atoms with van der Waals surface area (Å²) in [5, 5.41) is 9.87. The second-order valence-corrected chi connectivity index (χ2v) is 5.93. The van der Waals surface area contributed by atoms with Crippen LogP contribution in [0.1, 0.15) is 36.1 Å². The topological polar surface area (TPSA) is 20.2 Å². The third-order valence-electron chi connectivity index (χ3n) is 4.12. The van der Waals surface area contributed by atoms with E-state index in [1.54, 1.807) is 0 Å². The average Bonchev–Trinajstić information content (AvgIpc) is 2.48. The van der Waals surface area contributed by atoms with E-state index in [0.29, 0.717) is 0 Å². The molecule has 0 aromatic heterocycles. The lowest BCUT2D eigenvalue weighted by molar-refractivity contribution is 0.204. The third-order valence-corrected chi connectivity index (χ3v) is 4.12. The van der Waals surface area contributed by atoms with Gasteiger partial charge in [0.05, 0.1) is 6.61 Å². The number of benzene rings is 2. The van der Waals surface area contributed by atoms with Crippen LogP contribution in [0.3, 0.4) is 0 Å². The summed E-state index contributed by atoms with van der Waals surface area (Å²) in [6, 6.07) is 17.2. The summed E-state index contributed by atoms with van der Waals surface area (Å²) in [5.41, 5.74) is 4.86. The van der Waals surface area contributed by atoms with Crippen LogP contribution in [-0.4, -0.2) is 11.7 Å². The summed E-state index contributed by atoms with van der Waals surface area (Å²) in [6.07, 6.45) is 1.92. The highest BCUT2D eigenvalue weighted by Crippen LogP contribution is 2.28. The van der Waals surface area contributed by atoms with Crippen LogP contribution >= 0.6 is 0 Å². The van der Waals surface area contributed by atoms with E-state index < -0.39 is 0 Å². The lowest BCUT2D eigenvalue weighted by atomic mass is 9.78. The van der Waals surface area contributed by atoms with Gasteiger partial charge in [-0.25, -0.2) is 0 Å². The van der Waals surface area contributed by atoms with Crippen LogP contribution in [0, 0.1) is 6.92 Å². The van der Waals surface area contributed by atoms with E-state index in [1.165, 1.54) is 22.3 Å². The Bertz CT molecular complexity index is 539. The van der Waals surface area contributed by atoms with Crippen molar-refractivity contribution >= 4 is 0 Å². The first-order valence-corrected chi connectivity index (χ1v) is 7.33. The third kappa shape index (κ3) is 3.29. The number of aliphatic hydroxyl groups excluding tert-OH is 1. The smallest absolute Gasteiger partial charge is 0.0528 e. The molecule has 0 spiro atoms. The van der Waals surface area contributed by atoms with Crippen molar-refractivity contribution in [3.8, 4) is 0 Å². The zero-order valence-electron chi connectivity index (χ0n) is 12.7. The molecule has 1 unspecified atom stereocenters. The van der Waals surface area contributed by atoms with Crippen LogP contribution in [0.15, 0.2) is 48.5 Å². The fraction of sp³-hybridized carbons (Fsp3) is 0.368. The molecule has 0 saturated carbocycles. The average molecular weight is 268 g/mol. The molecule has 1 N–H and O–H groups in total. The number of hydrogen-bond donors (Lipinski definition) is 1. The monoisotopic (exact) mass is 268 g/mol. The van der Waals surface area contributed by atoms with Crippen molar-refractivity contribution in [2.75, 3.05) is 6.61 Å². The molecule has 2 aromatic rings. The Labute approximate surface area is 122 Å². The van der Waals surface area contributed by atoms with Gasteiger partial charge < -0.3 is 5.11 Å². The maximum atomic E-state index is 9.87. The Hall–Kier alpha value is -1.60. The van der Waals surface area contributed by atoms with E-state index in [9.17, 15) is 5.11 Å². The highest BCUT2D eigenvalue weighted by atomic mass is 16.3. The molecule has 1 nitrogen and oxygen atoms in total. The molecule has 0 aliphatic carbocycles. The minimum absolute atomic E-state index is 0.158. The normalized spacial score (nSPS) is 14.0. The summed E-state index contributed by atoms with van der Waals surface area (Å²) < 4.78 is 0. The quantitative estimate of drug-likeness (QED) is 0.867. The molecule has 0 bridgehead atoms. The molecule has 0 aliphatic rings. The molecule has 106 valence electrons. The zero-order chi connectivity index (χ0) is 14.6. The fourth-order valence-corrected chi connectivity index (χ4v) is 2.55. The zero-order valence-corrected chi connectivity index (χ0v) is 12.7. The van der Waals surface area contributed by atoms with Gasteiger partial charge in [-0.3, -0.25) is 0 Å². The maximum absolute atomic E-state index is 9.87. The second-order valence-electron chi connectivity index (χ2n) is 5.93. The molecular weight excluding hydrogens is 244 g/mol. The first-order chi connectivity index (χ1) is 9.57. The van der Waals surface area contributed by atoms with E-state index in [1.807, 2.05) is 0 Å². The SMILES string of the molecule is CCc1ccc(CC(C)(CO)c2ccc(C)cc2)cc1. The molecule has 1 atom stereocenters. The summed E-state index contributed by atoms with van der Waals surface area (Å²) >= 11 is 0. The van der Waals surface area contributed by atoms with Crippen molar-refractivity contribution in [2.24, 2.45) is 0 Å². The molecule has 0 fully saturated rings. The van der Waals surface area contributed by atoms with Crippen molar-refractivity contribution < 1.29 is 5.11 Å². The number of aryl methyl sites for hydroxylation is 2. The summed E-state index contributed by atoms with van der Waals surface area (Å²) in [5.74, 6) is 0. The van der Waals surface area contributed by atoms with E-state index in [4.69, 9.17) is 0 Å². The number of aliphatic hydroxyl groups is 1. The highest BCUT2D eigenvalue weighted by molar-refractivity contribution is 5.32. The van der Waals surface area contributed by atoms with Gasteiger partial charge >= 0.3 is 0 Å². The Kier molecular flexibility index (Phi) is 4.61. The standard InChI is InChI=1S/C19H24O/c1-4-16-7-9-17(10-8-16)13-19(3,14-20)18-11-5-15(2)6-12-18/h5-12,20H,4,13-14H2,1-3H3. The minimum atomic E-state index is -0.221. The molecule has 0 aliphatic heterocycles. The second kappa shape index (κ2) is 6.23. The summed E-state index contributed by atoms with van der Waals surface area (Å²) in [7, 11) is 0. The van der Waals surface area contributed by atoms with Gasteiger partial charge in [-0.1, -0.05) is 67.9 Å². The summed E-state index contributed by atoms with van der Waals surface area (Å²) in [4.78, 5) is 0. The Morgan fingerprint density at radius 1 is 0.900 bits per heavy atom. The Balaban J connectivity index is 2.23. The van der Waals surface area contributed by atoms with Crippen LogP contribution < -0.4 is 0 Å². The molecule has 2 rings (SSSR count). The first-order valence-electron chi connectivity index (χ1n) is 7.33. The number of rotatable bonds is 5. The van der Waals surface area contributed by atoms with E-state index >= 15 is 0 Å². The van der Waals surface area contributed by atoms with Gasteiger partial charge in [0.15, 0.2) is 0 Å². The Morgan fingerprint density at radius 3 is 1.95 bits per heavy atom. The van der Waals surface area contributed by atoms with E-state index in [0.717, 1.165) is 12.8 Å². The minimum Gasteiger partial charge on any atom is -0.395 e. The maximum Gasteiger partial charge on any atom is 0.0528 e. The van der Waals surface area contributed by atoms with Crippen molar-refractivity contribution in [2.45, 2.75) is 39.0 Å². The molecule has 20 heavy (non-hydrogen) atoms. The molecule has 0 saturated heterocycles. The lowest BCUT2D eigenvalue weighted by Crippen LogP contribution is -2.29. The van der Waals surface area contributed by atoms with Crippen molar-refractivity contribution in [3.05, 3.63) is 70.8 Å². The van der Waals surface area contributed by atoms with Gasteiger partial charge in [0.2, 0.25) is 0 Å². The highest BCUT2D eigenvalue weighted by Gasteiger charge is 2.26. The van der Waals surface area contributed by atoms with Gasteiger partial charge in [-0.2, -0.15) is 0 Å². The lowest BCUT2D eigenvalue weighted by Gasteiger charge is -2.28. The molecular formula is C19H24O. The van der Waals surface area contributed by atoms with E-state index in [2.05, 4.69) is 69.3 Å². The molecule has 2 aromatic carbocycles. The molecule has 0 heterocycles. The van der Waals surface area contributed by atoms with Crippen molar-refractivity contribution in [3.63, 3.8) is 0 Å². The molecule has 1 heteroatoms. The van der Waals surface area contributed by atoms with Crippen LogP contribution in [-0.2, 0) is 18.3 Å². The van der Waals surface area contributed by atoms with Gasteiger partial charge in [0.25, 0.3) is 0 Å². The van der Waals surface area contributed by atoms with Crippen molar-refractivity contribution in [1.29, 1.82) is 0 Å². The summed E-state index contributed by atoms with van der Waals surface area (Å²) in [6.45, 7) is 6.54. The largest absolute Gasteiger partial charge is 0.395 e. The van der Waals surface area contributed by atoms with Crippen LogP contribution in [0.4, 0.5) is 0 Å². The first kappa shape index (κ1) is 14.8. The van der Waals surface area contributed by atoms with Crippen molar-refractivity contribution in [1.82, 2.24) is 0 Å². The predicted octanol–water partition coefficient (Wildman–Crippen LogP) is 4.05. The van der Waals surface area contributed by atoms with Crippen LogP contribution in [0.5, 0.6) is 0 Å². The van der Waals surface area contributed by atoms with Gasteiger partial charge in [0.1, 0.15) is 0 Å². The molecule has 0 amide bonds. The molecule has 0 radical (unpaired) electrons. The van der Waals surface area contributed by atoms with Crippen LogP contribution in [0.25, 0.3) is 0 Å². The fourth-order valence-electron chi connectivity index (χ4n) is 2.55. The predicted molar refractivity (Wildman–Crippen MR) is 85.1 cm³/mol. The van der Waals surface area contributed by atoms with Crippen LogP contribution in [0.2, 0.25) is 0 Å². The van der Waals surface area contributed by atoms with Gasteiger partial charge in [-0.15, -0.1) is 0 Å². The van der Waals surface area contributed by atoms with Gasteiger partial charge in [-0.05, 0) is 36.5 Å². The number of hydrogen-bond acceptors (Lipinski definition) is 1. The van der Waals surface area contributed by atoms with E-state index in [-0.39, 0.29) is 12.0 Å². The van der Waals surface area contributed by atoms with Gasteiger partial charge in [0, 0.05) is 5.41 Å².